The van der Waals surface area contributed by atoms with Crippen LogP contribution in [0.25, 0.3) is 0 Å². The number of carbonyl (C=O) groups excluding carboxylic acids is 1. The highest BCUT2D eigenvalue weighted by Gasteiger charge is 2.34. The molecule has 2 unspecified atom stereocenters. The smallest absolute Gasteiger partial charge is 0.407 e. The number of rotatable bonds is 6. The number of pyridine rings is 2. The van der Waals surface area contributed by atoms with Crippen molar-refractivity contribution in [3.63, 3.8) is 0 Å². The highest BCUT2D eigenvalue weighted by molar-refractivity contribution is 6.29. The van der Waals surface area contributed by atoms with E-state index in [2.05, 4.69) is 20.6 Å². The Hall–Kier alpha value is -2.38. The van der Waals surface area contributed by atoms with Gasteiger partial charge in [-0.15, -0.1) is 0 Å². The number of amides is 1. The fraction of sp³-hybridized carbons (Fsp3) is 0.522. The summed E-state index contributed by atoms with van der Waals surface area (Å²) in [7, 11) is 0. The zero-order valence-corrected chi connectivity index (χ0v) is 19.4. The normalized spacial score (nSPS) is 19.8. The molecule has 1 saturated heterocycles. The zero-order valence-electron chi connectivity index (χ0n) is 18.7. The van der Waals surface area contributed by atoms with Gasteiger partial charge in [0.2, 0.25) is 5.88 Å². The minimum absolute atomic E-state index is 0.00389. The van der Waals surface area contributed by atoms with E-state index in [1.807, 2.05) is 59.0 Å². The number of hydrogen-bond acceptors (Lipinski definition) is 6. The van der Waals surface area contributed by atoms with E-state index in [1.54, 1.807) is 12.3 Å². The minimum atomic E-state index is -0.529. The third-order valence-electron chi connectivity index (χ3n) is 4.87. The first kappa shape index (κ1) is 23.3. The van der Waals surface area contributed by atoms with E-state index in [1.165, 1.54) is 0 Å². The predicted molar refractivity (Wildman–Crippen MR) is 121 cm³/mol. The van der Waals surface area contributed by atoms with E-state index in [9.17, 15) is 4.79 Å². The Kier molecular flexibility index (Phi) is 7.38. The molecular formula is C23H31ClN4O3. The quantitative estimate of drug-likeness (QED) is 0.643. The standard InChI is InChI=1S/C23H31ClN4O3/c1-14(2)30-20-9-7-16(12-27-20)21(15-6-8-19(24)26-11-15)18-10-17(13-25-18)28-22(29)31-23(3,4)5/h6-9,11-12,14,17-18,21,25H,10,13H2,1-5H3,(H,28,29)/t17-,18?,21?/m1/s1. The molecule has 0 aliphatic carbocycles. The van der Waals surface area contributed by atoms with Crippen molar-refractivity contribution in [3.8, 4) is 5.88 Å². The number of carbonyl (C=O) groups is 1. The van der Waals surface area contributed by atoms with Gasteiger partial charge in [-0.3, -0.25) is 0 Å². The maximum atomic E-state index is 12.2. The zero-order chi connectivity index (χ0) is 22.6. The van der Waals surface area contributed by atoms with Gasteiger partial charge in [0, 0.05) is 43.0 Å². The summed E-state index contributed by atoms with van der Waals surface area (Å²) in [5, 5.41) is 6.96. The van der Waals surface area contributed by atoms with E-state index in [0.717, 1.165) is 17.5 Å². The van der Waals surface area contributed by atoms with Crippen molar-refractivity contribution in [2.45, 2.75) is 70.7 Å². The molecule has 3 rings (SSSR count). The molecule has 1 amide bonds. The number of aromatic nitrogens is 2. The molecule has 0 spiro atoms. The van der Waals surface area contributed by atoms with Gasteiger partial charge in [0.25, 0.3) is 0 Å². The van der Waals surface area contributed by atoms with Crippen molar-refractivity contribution >= 4 is 17.7 Å². The van der Waals surface area contributed by atoms with Gasteiger partial charge in [-0.05, 0) is 58.2 Å². The van der Waals surface area contributed by atoms with Gasteiger partial charge in [-0.2, -0.15) is 0 Å². The van der Waals surface area contributed by atoms with Crippen LogP contribution in [0.15, 0.2) is 36.7 Å². The lowest BCUT2D eigenvalue weighted by atomic mass is 9.85. The number of nitrogens with one attached hydrogen (secondary N) is 2. The minimum Gasteiger partial charge on any atom is -0.475 e. The Morgan fingerprint density at radius 3 is 2.39 bits per heavy atom. The third-order valence-corrected chi connectivity index (χ3v) is 5.10. The maximum absolute atomic E-state index is 12.2. The summed E-state index contributed by atoms with van der Waals surface area (Å²) in [6.45, 7) is 10.2. The molecule has 168 valence electrons. The van der Waals surface area contributed by atoms with Crippen LogP contribution in [0.4, 0.5) is 4.79 Å². The second-order valence-electron chi connectivity index (χ2n) is 9.08. The molecule has 0 bridgehead atoms. The molecule has 1 aliphatic rings. The summed E-state index contributed by atoms with van der Waals surface area (Å²) in [4.78, 5) is 20.9. The molecule has 0 radical (unpaired) electrons. The lowest BCUT2D eigenvalue weighted by Crippen LogP contribution is -2.40. The van der Waals surface area contributed by atoms with Gasteiger partial charge in [-0.1, -0.05) is 23.7 Å². The summed E-state index contributed by atoms with van der Waals surface area (Å²) in [5.74, 6) is 0.589. The van der Waals surface area contributed by atoms with Crippen LogP contribution in [0.3, 0.4) is 0 Å². The van der Waals surface area contributed by atoms with Gasteiger partial charge in [0.15, 0.2) is 0 Å². The number of alkyl carbamates (subject to hydrolysis) is 1. The molecule has 7 nitrogen and oxygen atoms in total. The number of nitrogens with zero attached hydrogens (tertiary/aromatic N) is 2. The number of ether oxygens (including phenoxy) is 2. The fourth-order valence-electron chi connectivity index (χ4n) is 3.72. The topological polar surface area (TPSA) is 85.4 Å². The molecule has 1 fully saturated rings. The molecular weight excluding hydrogens is 416 g/mol. The molecule has 8 heteroatoms. The molecule has 1 aliphatic heterocycles. The Balaban J connectivity index is 1.78. The van der Waals surface area contributed by atoms with E-state index in [4.69, 9.17) is 21.1 Å². The summed E-state index contributed by atoms with van der Waals surface area (Å²) in [6.07, 6.45) is 4.04. The lowest BCUT2D eigenvalue weighted by molar-refractivity contribution is 0.0508. The fourth-order valence-corrected chi connectivity index (χ4v) is 3.83. The summed E-state index contributed by atoms with van der Waals surface area (Å²) in [6, 6.07) is 7.74. The molecule has 0 saturated carbocycles. The van der Waals surface area contributed by atoms with Gasteiger partial charge in [0.1, 0.15) is 10.8 Å². The van der Waals surface area contributed by atoms with E-state index in [0.29, 0.717) is 17.6 Å². The van der Waals surface area contributed by atoms with E-state index >= 15 is 0 Å². The molecule has 3 heterocycles. The average Bonchev–Trinajstić information content (AvgIpc) is 3.10. The second kappa shape index (κ2) is 9.83. The predicted octanol–water partition coefficient (Wildman–Crippen LogP) is 4.30. The molecule has 2 aromatic rings. The van der Waals surface area contributed by atoms with Crippen LogP contribution in [0.2, 0.25) is 5.15 Å². The van der Waals surface area contributed by atoms with Crippen molar-refractivity contribution in [2.24, 2.45) is 0 Å². The summed E-state index contributed by atoms with van der Waals surface area (Å²) < 4.78 is 11.1. The van der Waals surface area contributed by atoms with Crippen LogP contribution < -0.4 is 15.4 Å². The molecule has 2 aromatic heterocycles. The van der Waals surface area contributed by atoms with Crippen LogP contribution >= 0.6 is 11.6 Å². The van der Waals surface area contributed by atoms with Crippen molar-refractivity contribution < 1.29 is 14.3 Å². The highest BCUT2D eigenvalue weighted by atomic mass is 35.5. The molecule has 31 heavy (non-hydrogen) atoms. The lowest BCUT2D eigenvalue weighted by Gasteiger charge is -2.25. The Morgan fingerprint density at radius 2 is 1.84 bits per heavy atom. The largest absolute Gasteiger partial charge is 0.475 e. The Labute approximate surface area is 188 Å². The maximum Gasteiger partial charge on any atom is 0.407 e. The van der Waals surface area contributed by atoms with Crippen LogP contribution in [-0.4, -0.2) is 46.4 Å². The first-order chi connectivity index (χ1) is 14.6. The van der Waals surface area contributed by atoms with Gasteiger partial charge in [0.05, 0.1) is 6.10 Å². The Bertz CT molecular complexity index is 866. The Morgan fingerprint density at radius 1 is 1.16 bits per heavy atom. The summed E-state index contributed by atoms with van der Waals surface area (Å²) in [5.41, 5.74) is 1.54. The van der Waals surface area contributed by atoms with Crippen molar-refractivity contribution in [1.82, 2.24) is 20.6 Å². The third kappa shape index (κ3) is 6.80. The molecule has 2 N–H and O–H groups in total. The van der Waals surface area contributed by atoms with E-state index in [-0.39, 0.29) is 24.1 Å². The van der Waals surface area contributed by atoms with Crippen LogP contribution in [0.5, 0.6) is 5.88 Å². The van der Waals surface area contributed by atoms with Crippen LogP contribution in [-0.2, 0) is 4.74 Å². The van der Waals surface area contributed by atoms with Gasteiger partial charge >= 0.3 is 6.09 Å². The SMILES string of the molecule is CC(C)Oc1ccc(C(c2ccc(Cl)nc2)C2C[C@@H](NC(=O)OC(C)(C)C)CN2)cn1. The monoisotopic (exact) mass is 446 g/mol. The van der Waals surface area contributed by atoms with Gasteiger partial charge < -0.3 is 20.1 Å². The molecule has 0 aromatic carbocycles. The first-order valence-electron chi connectivity index (χ1n) is 10.6. The van der Waals surface area contributed by atoms with Gasteiger partial charge in [-0.25, -0.2) is 14.8 Å². The summed E-state index contributed by atoms with van der Waals surface area (Å²) >= 11 is 6.01. The first-order valence-corrected chi connectivity index (χ1v) is 11.0. The van der Waals surface area contributed by atoms with Crippen molar-refractivity contribution in [1.29, 1.82) is 0 Å². The second-order valence-corrected chi connectivity index (χ2v) is 9.47. The highest BCUT2D eigenvalue weighted by Crippen LogP contribution is 2.32. The number of halogens is 1. The van der Waals surface area contributed by atoms with Crippen LogP contribution in [0, 0.1) is 0 Å². The number of hydrogen-bond donors (Lipinski definition) is 2. The van der Waals surface area contributed by atoms with Crippen LogP contribution in [0.1, 0.15) is 58.1 Å². The average molecular weight is 447 g/mol. The van der Waals surface area contributed by atoms with E-state index < -0.39 is 11.7 Å². The van der Waals surface area contributed by atoms with Crippen molar-refractivity contribution in [3.05, 3.63) is 52.9 Å². The molecule has 3 atom stereocenters. The van der Waals surface area contributed by atoms with Crippen molar-refractivity contribution in [2.75, 3.05) is 6.54 Å².